The number of carbonyl (C=O) groups excluding carboxylic acids is 1. The molecule has 7 heteroatoms. The van der Waals surface area contributed by atoms with Crippen LogP contribution in [0.1, 0.15) is 10.4 Å². The van der Waals surface area contributed by atoms with E-state index in [0.717, 1.165) is 4.47 Å². The molecule has 2 aromatic carbocycles. The molecule has 0 bridgehead atoms. The van der Waals surface area contributed by atoms with Gasteiger partial charge in [0, 0.05) is 15.7 Å². The van der Waals surface area contributed by atoms with Gasteiger partial charge in [-0.05, 0) is 60.7 Å². The summed E-state index contributed by atoms with van der Waals surface area (Å²) in [7, 11) is 0. The molecule has 0 aliphatic heterocycles. The summed E-state index contributed by atoms with van der Waals surface area (Å²) < 4.78 is 13.8. The van der Waals surface area contributed by atoms with E-state index in [2.05, 4.69) is 36.8 Å². The van der Waals surface area contributed by atoms with Gasteiger partial charge in [0.2, 0.25) is 0 Å². The van der Waals surface area contributed by atoms with Crippen molar-refractivity contribution in [1.29, 1.82) is 0 Å². The minimum absolute atomic E-state index is 0.268. The molecule has 0 fully saturated rings. The summed E-state index contributed by atoms with van der Waals surface area (Å²) in [6.45, 7) is 0. The molecule has 0 spiro atoms. The van der Waals surface area contributed by atoms with Crippen LogP contribution < -0.4 is 10.6 Å². The van der Waals surface area contributed by atoms with Crippen molar-refractivity contribution >= 4 is 39.2 Å². The number of hydrogen-bond acceptors (Lipinski definition) is 4. The molecule has 0 saturated carbocycles. The molecule has 24 heavy (non-hydrogen) atoms. The number of benzene rings is 2. The first-order valence-corrected chi connectivity index (χ1v) is 7.83. The van der Waals surface area contributed by atoms with Crippen molar-refractivity contribution < 1.29 is 9.18 Å². The lowest BCUT2D eigenvalue weighted by molar-refractivity contribution is 0.102. The molecule has 1 amide bonds. The van der Waals surface area contributed by atoms with E-state index in [1.807, 2.05) is 0 Å². The molecule has 0 radical (unpaired) electrons. The molecule has 2 N–H and O–H groups in total. The monoisotopic (exact) mass is 386 g/mol. The van der Waals surface area contributed by atoms with Gasteiger partial charge in [0.15, 0.2) is 11.6 Å². The zero-order valence-corrected chi connectivity index (χ0v) is 13.9. The number of rotatable bonds is 4. The van der Waals surface area contributed by atoms with E-state index in [1.54, 1.807) is 48.5 Å². The molecule has 120 valence electrons. The predicted octanol–water partition coefficient (Wildman–Crippen LogP) is 4.37. The molecule has 0 unspecified atom stereocenters. The molecule has 1 heterocycles. The van der Waals surface area contributed by atoms with Crippen LogP contribution in [0, 0.1) is 5.82 Å². The normalized spacial score (nSPS) is 10.2. The van der Waals surface area contributed by atoms with E-state index in [0.29, 0.717) is 22.9 Å². The highest BCUT2D eigenvalue weighted by Gasteiger charge is 2.07. The van der Waals surface area contributed by atoms with Crippen LogP contribution in [0.15, 0.2) is 65.1 Å². The fourth-order valence-corrected chi connectivity index (χ4v) is 2.20. The molecule has 0 saturated heterocycles. The Labute approximate surface area is 146 Å². The minimum Gasteiger partial charge on any atom is -0.339 e. The highest BCUT2D eigenvalue weighted by molar-refractivity contribution is 9.10. The van der Waals surface area contributed by atoms with Crippen molar-refractivity contribution in [2.45, 2.75) is 0 Å². The number of carbonyl (C=O) groups is 1. The van der Waals surface area contributed by atoms with Gasteiger partial charge in [-0.2, -0.15) is 0 Å². The predicted molar refractivity (Wildman–Crippen MR) is 93.8 cm³/mol. The van der Waals surface area contributed by atoms with E-state index in [1.165, 1.54) is 12.1 Å². The summed E-state index contributed by atoms with van der Waals surface area (Å²) in [5.74, 6) is 0.254. The minimum atomic E-state index is -0.308. The average Bonchev–Trinajstić information content (AvgIpc) is 2.59. The molecule has 0 atom stereocenters. The maximum atomic E-state index is 12.9. The van der Waals surface area contributed by atoms with Gasteiger partial charge < -0.3 is 10.6 Å². The second-order valence-corrected chi connectivity index (χ2v) is 5.81. The quantitative estimate of drug-likeness (QED) is 0.698. The summed E-state index contributed by atoms with van der Waals surface area (Å²) in [6.07, 6.45) is 0. The molecule has 3 rings (SSSR count). The lowest BCUT2D eigenvalue weighted by Crippen LogP contribution is -2.13. The fourth-order valence-electron chi connectivity index (χ4n) is 1.94. The molecule has 0 aliphatic carbocycles. The van der Waals surface area contributed by atoms with Crippen LogP contribution in [0.4, 0.5) is 21.7 Å². The third kappa shape index (κ3) is 4.14. The summed E-state index contributed by atoms with van der Waals surface area (Å²) >= 11 is 3.32. The third-order valence-electron chi connectivity index (χ3n) is 3.13. The van der Waals surface area contributed by atoms with Crippen molar-refractivity contribution in [1.82, 2.24) is 10.2 Å². The molecule has 3 aromatic rings. The van der Waals surface area contributed by atoms with E-state index in [9.17, 15) is 9.18 Å². The SMILES string of the molecule is O=C(Nc1ccc(Nc2ccc(F)cc2)nn1)c1ccc(Br)cc1. The Morgan fingerprint density at radius 3 is 2.12 bits per heavy atom. The van der Waals surface area contributed by atoms with Crippen molar-refractivity contribution in [3.05, 3.63) is 76.5 Å². The van der Waals surface area contributed by atoms with Crippen LogP contribution in [0.25, 0.3) is 0 Å². The third-order valence-corrected chi connectivity index (χ3v) is 3.66. The maximum absolute atomic E-state index is 12.9. The van der Waals surface area contributed by atoms with E-state index < -0.39 is 0 Å². The van der Waals surface area contributed by atoms with Gasteiger partial charge in [0.1, 0.15) is 5.82 Å². The van der Waals surface area contributed by atoms with Gasteiger partial charge in [-0.15, -0.1) is 10.2 Å². The highest BCUT2D eigenvalue weighted by Crippen LogP contribution is 2.16. The van der Waals surface area contributed by atoms with Crippen molar-refractivity contribution in [2.24, 2.45) is 0 Å². The topological polar surface area (TPSA) is 66.9 Å². The highest BCUT2D eigenvalue weighted by atomic mass is 79.9. The van der Waals surface area contributed by atoms with Crippen molar-refractivity contribution in [3.63, 3.8) is 0 Å². The standard InChI is InChI=1S/C17H12BrFN4O/c18-12-3-1-11(2-4-12)17(24)21-16-10-9-15(22-23-16)20-14-7-5-13(19)6-8-14/h1-10H,(H,20,22)(H,21,23,24). The number of anilines is 3. The Morgan fingerprint density at radius 2 is 1.50 bits per heavy atom. The van der Waals surface area contributed by atoms with Crippen molar-refractivity contribution in [3.8, 4) is 0 Å². The van der Waals surface area contributed by atoms with Crippen molar-refractivity contribution in [2.75, 3.05) is 10.6 Å². The zero-order chi connectivity index (χ0) is 16.9. The van der Waals surface area contributed by atoms with Gasteiger partial charge in [-0.3, -0.25) is 4.79 Å². The van der Waals surface area contributed by atoms with Crippen LogP contribution in [0.3, 0.4) is 0 Å². The zero-order valence-electron chi connectivity index (χ0n) is 12.3. The second-order valence-electron chi connectivity index (χ2n) is 4.90. The summed E-state index contributed by atoms with van der Waals surface area (Å²) in [4.78, 5) is 12.1. The smallest absolute Gasteiger partial charge is 0.256 e. The molecule has 5 nitrogen and oxygen atoms in total. The average molecular weight is 387 g/mol. The number of nitrogens with one attached hydrogen (secondary N) is 2. The molecule has 1 aromatic heterocycles. The Balaban J connectivity index is 1.64. The van der Waals surface area contributed by atoms with Gasteiger partial charge in [0.05, 0.1) is 0 Å². The molecular formula is C17H12BrFN4O. The van der Waals surface area contributed by atoms with E-state index in [-0.39, 0.29) is 11.7 Å². The van der Waals surface area contributed by atoms with Gasteiger partial charge in [-0.1, -0.05) is 15.9 Å². The first-order chi connectivity index (χ1) is 11.6. The summed E-state index contributed by atoms with van der Waals surface area (Å²) in [5.41, 5.74) is 1.21. The lowest BCUT2D eigenvalue weighted by atomic mass is 10.2. The Bertz CT molecular complexity index is 836. The van der Waals surface area contributed by atoms with Crippen LogP contribution in [-0.2, 0) is 0 Å². The number of aromatic nitrogens is 2. The summed E-state index contributed by atoms with van der Waals surface area (Å²) in [6, 6.07) is 16.2. The van der Waals surface area contributed by atoms with Gasteiger partial charge in [-0.25, -0.2) is 4.39 Å². The first kappa shape index (κ1) is 16.1. The molecule has 0 aliphatic rings. The fraction of sp³-hybridized carbons (Fsp3) is 0. The lowest BCUT2D eigenvalue weighted by Gasteiger charge is -2.07. The van der Waals surface area contributed by atoms with Crippen LogP contribution >= 0.6 is 15.9 Å². The Morgan fingerprint density at radius 1 is 0.875 bits per heavy atom. The Hall–Kier alpha value is -2.80. The van der Waals surface area contributed by atoms with Crippen LogP contribution in [0.5, 0.6) is 0 Å². The first-order valence-electron chi connectivity index (χ1n) is 7.03. The number of amides is 1. The second kappa shape index (κ2) is 7.18. The maximum Gasteiger partial charge on any atom is 0.256 e. The van der Waals surface area contributed by atoms with E-state index >= 15 is 0 Å². The number of halogens is 2. The molecular weight excluding hydrogens is 375 g/mol. The largest absolute Gasteiger partial charge is 0.339 e. The van der Waals surface area contributed by atoms with Crippen LogP contribution in [-0.4, -0.2) is 16.1 Å². The van der Waals surface area contributed by atoms with Gasteiger partial charge >= 0.3 is 0 Å². The number of nitrogens with zero attached hydrogens (tertiary/aromatic N) is 2. The Kier molecular flexibility index (Phi) is 4.81. The van der Waals surface area contributed by atoms with Gasteiger partial charge in [0.25, 0.3) is 5.91 Å². The van der Waals surface area contributed by atoms with E-state index in [4.69, 9.17) is 0 Å². The van der Waals surface area contributed by atoms with Crippen LogP contribution in [0.2, 0.25) is 0 Å². The summed E-state index contributed by atoms with van der Waals surface area (Å²) in [5, 5.41) is 13.6. The number of hydrogen-bond donors (Lipinski definition) is 2.